The average Bonchev–Trinajstić information content (AvgIpc) is 2.94. The summed E-state index contributed by atoms with van der Waals surface area (Å²) in [5, 5.41) is 2.95. The molecule has 2 aromatic rings. The molecule has 7 heteroatoms. The number of Topliss-reactive ketones (excluding diaryl/α,β-unsaturated/α-hetero) is 1. The van der Waals surface area contributed by atoms with Crippen LogP contribution < -0.4 is 21.3 Å². The van der Waals surface area contributed by atoms with E-state index in [0.717, 1.165) is 4.57 Å². The molecular weight excluding hydrogens is 322 g/mol. The summed E-state index contributed by atoms with van der Waals surface area (Å²) in [6, 6.07) is 7.24. The van der Waals surface area contributed by atoms with E-state index in [1.807, 2.05) is 19.1 Å². The Labute approximate surface area is 144 Å². The molecule has 0 amide bonds. The zero-order valence-corrected chi connectivity index (χ0v) is 14.3. The fraction of sp³-hybridized carbons (Fsp3) is 0.278. The number of ether oxygens (including phenoxy) is 1. The second-order valence-electron chi connectivity index (χ2n) is 5.78. The molecule has 3 rings (SSSR count). The van der Waals surface area contributed by atoms with Crippen LogP contribution in [0.15, 0.2) is 39.6 Å². The fourth-order valence-electron chi connectivity index (χ4n) is 2.90. The van der Waals surface area contributed by atoms with Crippen molar-refractivity contribution in [2.45, 2.75) is 19.9 Å². The van der Waals surface area contributed by atoms with Crippen LogP contribution in [-0.4, -0.2) is 22.0 Å². The van der Waals surface area contributed by atoms with Gasteiger partial charge in [0.05, 0.1) is 12.8 Å². The molecule has 1 aliphatic heterocycles. The number of carbonyl (C=O) groups excluding carboxylic acids is 1. The van der Waals surface area contributed by atoms with Crippen molar-refractivity contribution in [1.29, 1.82) is 0 Å². The summed E-state index contributed by atoms with van der Waals surface area (Å²) in [4.78, 5) is 37.5. The summed E-state index contributed by atoms with van der Waals surface area (Å²) in [5.41, 5.74) is -0.0867. The van der Waals surface area contributed by atoms with Gasteiger partial charge in [-0.05, 0) is 18.6 Å². The van der Waals surface area contributed by atoms with E-state index >= 15 is 0 Å². The van der Waals surface area contributed by atoms with E-state index in [0.29, 0.717) is 24.3 Å². The molecule has 0 spiro atoms. The number of para-hydroxylation sites is 1. The van der Waals surface area contributed by atoms with Crippen molar-refractivity contribution in [3.05, 3.63) is 61.9 Å². The summed E-state index contributed by atoms with van der Waals surface area (Å²) >= 11 is 0. The van der Waals surface area contributed by atoms with Crippen LogP contribution in [0.5, 0.6) is 5.75 Å². The predicted molar refractivity (Wildman–Crippen MR) is 95.2 cm³/mol. The Morgan fingerprint density at radius 1 is 1.20 bits per heavy atom. The number of ketones is 1. The Morgan fingerprint density at radius 2 is 1.92 bits per heavy atom. The summed E-state index contributed by atoms with van der Waals surface area (Å²) in [7, 11) is 2.93. The molecule has 0 bridgehead atoms. The number of hydrogen-bond donors (Lipinski definition) is 1. The van der Waals surface area contributed by atoms with Gasteiger partial charge in [-0.1, -0.05) is 25.1 Å². The number of nitrogens with zero attached hydrogens (tertiary/aromatic N) is 2. The van der Waals surface area contributed by atoms with Gasteiger partial charge in [0.2, 0.25) is 5.78 Å². The van der Waals surface area contributed by atoms with E-state index in [-0.39, 0.29) is 17.1 Å². The molecule has 0 fully saturated rings. The monoisotopic (exact) mass is 341 g/mol. The van der Waals surface area contributed by atoms with E-state index < -0.39 is 17.0 Å². The zero-order chi connectivity index (χ0) is 18.1. The number of anilines is 1. The van der Waals surface area contributed by atoms with Gasteiger partial charge in [0.1, 0.15) is 17.1 Å². The van der Waals surface area contributed by atoms with Crippen LogP contribution in [0, 0.1) is 0 Å². The maximum absolute atomic E-state index is 12.7. The van der Waals surface area contributed by atoms with Gasteiger partial charge in [-0.25, -0.2) is 4.79 Å². The second-order valence-corrected chi connectivity index (χ2v) is 5.78. The van der Waals surface area contributed by atoms with Gasteiger partial charge in [-0.15, -0.1) is 0 Å². The van der Waals surface area contributed by atoms with Crippen LogP contribution in [-0.2, 0) is 13.6 Å². The highest BCUT2D eigenvalue weighted by Gasteiger charge is 2.32. The van der Waals surface area contributed by atoms with Gasteiger partial charge in [-0.2, -0.15) is 0 Å². The van der Waals surface area contributed by atoms with Gasteiger partial charge in [0.15, 0.2) is 0 Å². The molecule has 0 saturated heterocycles. The highest BCUT2D eigenvalue weighted by molar-refractivity contribution is 6.19. The van der Waals surface area contributed by atoms with E-state index in [2.05, 4.69) is 5.32 Å². The maximum Gasteiger partial charge on any atom is 0.332 e. The van der Waals surface area contributed by atoms with E-state index in [4.69, 9.17) is 4.74 Å². The van der Waals surface area contributed by atoms with Crippen molar-refractivity contribution in [3.8, 4) is 5.75 Å². The van der Waals surface area contributed by atoms with Crippen LogP contribution in [0.2, 0.25) is 0 Å². The Bertz CT molecular complexity index is 998. The highest BCUT2D eigenvalue weighted by atomic mass is 16.5. The molecule has 0 aliphatic carbocycles. The number of aromatic nitrogens is 2. The molecule has 0 saturated carbocycles. The fourth-order valence-corrected chi connectivity index (χ4v) is 2.90. The minimum Gasteiger partial charge on any atom is -0.496 e. The van der Waals surface area contributed by atoms with Gasteiger partial charge >= 0.3 is 5.69 Å². The molecular formula is C18H19N3O4. The minimum absolute atomic E-state index is 0.00306. The summed E-state index contributed by atoms with van der Waals surface area (Å²) in [6.07, 6.45) is 2.33. The van der Waals surface area contributed by atoms with Gasteiger partial charge in [0, 0.05) is 19.2 Å². The lowest BCUT2D eigenvalue weighted by molar-refractivity contribution is 0.104. The van der Waals surface area contributed by atoms with Crippen LogP contribution in [0.4, 0.5) is 5.82 Å². The van der Waals surface area contributed by atoms with E-state index in [1.165, 1.54) is 11.6 Å². The summed E-state index contributed by atoms with van der Waals surface area (Å²) in [6.45, 7) is 2.34. The lowest BCUT2D eigenvalue weighted by atomic mass is 10.1. The predicted octanol–water partition coefficient (Wildman–Crippen LogP) is 1.61. The number of carbonyl (C=O) groups is 1. The van der Waals surface area contributed by atoms with Crippen LogP contribution in [0.25, 0.3) is 6.08 Å². The van der Waals surface area contributed by atoms with Crippen molar-refractivity contribution in [1.82, 2.24) is 9.13 Å². The first-order chi connectivity index (χ1) is 12.0. The third-order valence-corrected chi connectivity index (χ3v) is 4.15. The third-order valence-electron chi connectivity index (χ3n) is 4.15. The molecule has 2 heterocycles. The highest BCUT2D eigenvalue weighted by Crippen LogP contribution is 2.28. The van der Waals surface area contributed by atoms with Crippen molar-refractivity contribution < 1.29 is 9.53 Å². The Morgan fingerprint density at radius 3 is 2.60 bits per heavy atom. The minimum atomic E-state index is -0.590. The van der Waals surface area contributed by atoms with Crippen molar-refractivity contribution in [2.75, 3.05) is 12.4 Å². The molecule has 0 atom stereocenters. The SMILES string of the molecule is CCCn1c2c(c(=O)n(C)c1=O)C(=O)/C(=C/c1ccccc1OC)N2. The molecule has 130 valence electrons. The Hall–Kier alpha value is -3.09. The number of nitrogens with one attached hydrogen (secondary N) is 1. The molecule has 7 nitrogen and oxygen atoms in total. The molecule has 0 unspecified atom stereocenters. The van der Waals surface area contributed by atoms with Crippen molar-refractivity contribution in [3.63, 3.8) is 0 Å². The molecule has 1 aromatic heterocycles. The van der Waals surface area contributed by atoms with Gasteiger partial charge in [-0.3, -0.25) is 18.7 Å². The molecule has 0 radical (unpaired) electrons. The standard InChI is InChI=1S/C18H19N3O4/c1-4-9-21-16-14(17(23)20(2)18(21)24)15(22)12(19-16)10-11-7-5-6-8-13(11)25-3/h5-8,10,19H,4,9H2,1-3H3/b12-10-. The normalized spacial score (nSPS) is 14.5. The van der Waals surface area contributed by atoms with E-state index in [1.54, 1.807) is 25.3 Å². The quantitative estimate of drug-likeness (QED) is 0.855. The zero-order valence-electron chi connectivity index (χ0n) is 14.3. The van der Waals surface area contributed by atoms with Crippen LogP contribution in [0.1, 0.15) is 29.3 Å². The number of methoxy groups -OCH3 is 1. The number of allylic oxidation sites excluding steroid dienone is 1. The summed E-state index contributed by atoms with van der Waals surface area (Å²) < 4.78 is 7.69. The first-order valence-electron chi connectivity index (χ1n) is 7.99. The first kappa shape index (κ1) is 16.8. The number of rotatable bonds is 4. The number of fused-ring (bicyclic) bond motifs is 1. The summed E-state index contributed by atoms with van der Waals surface area (Å²) in [5.74, 6) is 0.451. The Kier molecular flexibility index (Phi) is 4.31. The molecule has 25 heavy (non-hydrogen) atoms. The van der Waals surface area contributed by atoms with Gasteiger partial charge in [0.25, 0.3) is 5.56 Å². The van der Waals surface area contributed by atoms with Crippen molar-refractivity contribution in [2.24, 2.45) is 7.05 Å². The lowest BCUT2D eigenvalue weighted by Gasteiger charge is -2.11. The van der Waals surface area contributed by atoms with Gasteiger partial charge < -0.3 is 10.1 Å². The first-order valence-corrected chi connectivity index (χ1v) is 7.99. The van der Waals surface area contributed by atoms with E-state index in [9.17, 15) is 14.4 Å². The molecule has 1 aliphatic rings. The topological polar surface area (TPSA) is 82.3 Å². The lowest BCUT2D eigenvalue weighted by Crippen LogP contribution is -2.40. The van der Waals surface area contributed by atoms with Crippen LogP contribution >= 0.6 is 0 Å². The van der Waals surface area contributed by atoms with Crippen molar-refractivity contribution >= 4 is 17.7 Å². The molecule has 1 N–H and O–H groups in total. The Balaban J connectivity index is 2.18. The number of hydrogen-bond acceptors (Lipinski definition) is 5. The maximum atomic E-state index is 12.7. The number of benzene rings is 1. The largest absolute Gasteiger partial charge is 0.496 e. The van der Waals surface area contributed by atoms with Crippen LogP contribution in [0.3, 0.4) is 0 Å². The molecule has 1 aromatic carbocycles. The smallest absolute Gasteiger partial charge is 0.332 e. The third kappa shape index (κ3) is 2.67. The average molecular weight is 341 g/mol. The second kappa shape index (κ2) is 6.43.